The second-order valence-electron chi connectivity index (χ2n) is 3.92. The Hall–Kier alpha value is -1.46. The lowest BCUT2D eigenvalue weighted by molar-refractivity contribution is 0.317. The maximum Gasteiger partial charge on any atom is 0.119 e. The minimum atomic E-state index is 0.755. The highest BCUT2D eigenvalue weighted by Crippen LogP contribution is 2.11. The highest BCUT2D eigenvalue weighted by atomic mass is 16.5. The molecule has 0 saturated heterocycles. The molecule has 0 saturated carbocycles. The zero-order chi connectivity index (χ0) is 12.3. The van der Waals surface area contributed by atoms with Gasteiger partial charge < -0.3 is 10.5 Å². The van der Waals surface area contributed by atoms with Gasteiger partial charge in [0.2, 0.25) is 0 Å². The summed E-state index contributed by atoms with van der Waals surface area (Å²) in [5, 5.41) is 0. The van der Waals surface area contributed by atoms with Crippen LogP contribution in [-0.2, 0) is 0 Å². The Bertz CT molecular complexity index is 359. The smallest absolute Gasteiger partial charge is 0.119 e. The number of nitrogens with two attached hydrogens (primary N) is 1. The quantitative estimate of drug-likeness (QED) is 0.603. The van der Waals surface area contributed by atoms with Crippen LogP contribution >= 0.6 is 0 Å². The van der Waals surface area contributed by atoms with Gasteiger partial charge in [-0.15, -0.1) is 0 Å². The van der Waals surface area contributed by atoms with Crippen molar-refractivity contribution >= 4 is 0 Å². The SMILES string of the molecule is CCCOc1ccc(C#CCCCCN)cc1. The van der Waals surface area contributed by atoms with E-state index in [-0.39, 0.29) is 0 Å². The van der Waals surface area contributed by atoms with Crippen LogP contribution < -0.4 is 10.5 Å². The second kappa shape index (κ2) is 8.66. The zero-order valence-corrected chi connectivity index (χ0v) is 10.5. The molecule has 0 aliphatic carbocycles. The van der Waals surface area contributed by atoms with Crippen molar-refractivity contribution in [3.8, 4) is 17.6 Å². The Morgan fingerprint density at radius 1 is 1.18 bits per heavy atom. The van der Waals surface area contributed by atoms with E-state index in [1.807, 2.05) is 24.3 Å². The van der Waals surface area contributed by atoms with E-state index >= 15 is 0 Å². The van der Waals surface area contributed by atoms with Crippen molar-refractivity contribution in [1.82, 2.24) is 0 Å². The van der Waals surface area contributed by atoms with Gasteiger partial charge in [-0.25, -0.2) is 0 Å². The Kier molecular flexibility index (Phi) is 6.93. The summed E-state index contributed by atoms with van der Waals surface area (Å²) in [7, 11) is 0. The van der Waals surface area contributed by atoms with E-state index in [1.165, 1.54) is 0 Å². The molecule has 0 amide bonds. The topological polar surface area (TPSA) is 35.2 Å². The summed E-state index contributed by atoms with van der Waals surface area (Å²) < 4.78 is 5.51. The normalized spacial score (nSPS) is 9.53. The van der Waals surface area contributed by atoms with Gasteiger partial charge in [-0.1, -0.05) is 18.8 Å². The van der Waals surface area contributed by atoms with Gasteiger partial charge in [-0.05, 0) is 50.1 Å². The van der Waals surface area contributed by atoms with Crippen LogP contribution in [0.1, 0.15) is 38.2 Å². The molecule has 2 heteroatoms. The molecule has 0 aliphatic heterocycles. The summed E-state index contributed by atoms with van der Waals surface area (Å²) in [6.45, 7) is 3.62. The maximum absolute atomic E-state index is 5.51. The average Bonchev–Trinajstić information content (AvgIpc) is 2.37. The van der Waals surface area contributed by atoms with Crippen molar-refractivity contribution < 1.29 is 4.74 Å². The Morgan fingerprint density at radius 2 is 1.94 bits per heavy atom. The highest BCUT2D eigenvalue weighted by Gasteiger charge is 1.92. The van der Waals surface area contributed by atoms with Crippen LogP contribution in [-0.4, -0.2) is 13.2 Å². The van der Waals surface area contributed by atoms with Gasteiger partial charge in [-0.3, -0.25) is 0 Å². The van der Waals surface area contributed by atoms with Crippen molar-refractivity contribution in [3.05, 3.63) is 29.8 Å². The molecular weight excluding hydrogens is 210 g/mol. The molecule has 0 unspecified atom stereocenters. The third-order valence-electron chi connectivity index (χ3n) is 2.32. The van der Waals surface area contributed by atoms with Crippen LogP contribution in [0.25, 0.3) is 0 Å². The molecule has 92 valence electrons. The summed E-state index contributed by atoms with van der Waals surface area (Å²) in [5.41, 5.74) is 6.46. The van der Waals surface area contributed by atoms with Crippen molar-refractivity contribution in [3.63, 3.8) is 0 Å². The van der Waals surface area contributed by atoms with Gasteiger partial charge in [-0.2, -0.15) is 0 Å². The van der Waals surface area contributed by atoms with Crippen LogP contribution in [0.3, 0.4) is 0 Å². The van der Waals surface area contributed by atoms with Crippen molar-refractivity contribution in [2.45, 2.75) is 32.6 Å². The summed E-state index contributed by atoms with van der Waals surface area (Å²) in [5.74, 6) is 7.21. The van der Waals surface area contributed by atoms with E-state index in [0.717, 1.165) is 50.1 Å². The Morgan fingerprint density at radius 3 is 2.59 bits per heavy atom. The molecule has 2 N–H and O–H groups in total. The molecule has 0 bridgehead atoms. The lowest BCUT2D eigenvalue weighted by Crippen LogP contribution is -1.96. The molecular formula is C15H21NO. The fourth-order valence-electron chi connectivity index (χ4n) is 1.38. The molecule has 2 nitrogen and oxygen atoms in total. The van der Waals surface area contributed by atoms with E-state index in [0.29, 0.717) is 0 Å². The molecule has 0 aliphatic rings. The van der Waals surface area contributed by atoms with Crippen LogP contribution in [0.4, 0.5) is 0 Å². The Labute approximate surface area is 104 Å². The molecule has 1 aromatic rings. The number of hydrogen-bond donors (Lipinski definition) is 1. The van der Waals surface area contributed by atoms with E-state index in [2.05, 4.69) is 18.8 Å². The van der Waals surface area contributed by atoms with Crippen molar-refractivity contribution in [2.75, 3.05) is 13.2 Å². The van der Waals surface area contributed by atoms with Crippen LogP contribution in [0, 0.1) is 11.8 Å². The molecule has 17 heavy (non-hydrogen) atoms. The first-order valence-electron chi connectivity index (χ1n) is 6.28. The fourth-order valence-corrected chi connectivity index (χ4v) is 1.38. The first-order valence-corrected chi connectivity index (χ1v) is 6.28. The summed E-state index contributed by atoms with van der Waals surface area (Å²) in [6.07, 6.45) is 4.09. The first-order chi connectivity index (χ1) is 8.36. The summed E-state index contributed by atoms with van der Waals surface area (Å²) >= 11 is 0. The maximum atomic E-state index is 5.51. The highest BCUT2D eigenvalue weighted by molar-refractivity contribution is 5.38. The number of rotatable bonds is 6. The molecule has 1 rings (SSSR count). The number of hydrogen-bond acceptors (Lipinski definition) is 2. The van der Waals surface area contributed by atoms with Gasteiger partial charge in [0, 0.05) is 12.0 Å². The minimum Gasteiger partial charge on any atom is -0.494 e. The first kappa shape index (κ1) is 13.6. The molecule has 0 fully saturated rings. The lowest BCUT2D eigenvalue weighted by atomic mass is 10.2. The largest absolute Gasteiger partial charge is 0.494 e. The molecule has 0 atom stereocenters. The molecule has 0 spiro atoms. The Balaban J connectivity index is 2.39. The fraction of sp³-hybridized carbons (Fsp3) is 0.467. The number of ether oxygens (including phenoxy) is 1. The zero-order valence-electron chi connectivity index (χ0n) is 10.5. The van der Waals surface area contributed by atoms with Crippen LogP contribution in [0.15, 0.2) is 24.3 Å². The minimum absolute atomic E-state index is 0.755. The molecule has 0 heterocycles. The van der Waals surface area contributed by atoms with E-state index in [9.17, 15) is 0 Å². The molecule has 0 aromatic heterocycles. The second-order valence-corrected chi connectivity index (χ2v) is 3.92. The van der Waals surface area contributed by atoms with Crippen molar-refractivity contribution in [1.29, 1.82) is 0 Å². The van der Waals surface area contributed by atoms with Gasteiger partial charge in [0.15, 0.2) is 0 Å². The van der Waals surface area contributed by atoms with Gasteiger partial charge >= 0.3 is 0 Å². The van der Waals surface area contributed by atoms with Crippen LogP contribution in [0.2, 0.25) is 0 Å². The van der Waals surface area contributed by atoms with Gasteiger partial charge in [0.05, 0.1) is 6.61 Å². The molecule has 0 radical (unpaired) electrons. The van der Waals surface area contributed by atoms with Gasteiger partial charge in [0.25, 0.3) is 0 Å². The standard InChI is InChI=1S/C15H21NO/c1-2-13-17-15-10-8-14(9-11-15)7-5-3-4-6-12-16/h8-11H,2-4,6,12-13,16H2,1H3. The van der Waals surface area contributed by atoms with E-state index < -0.39 is 0 Å². The summed E-state index contributed by atoms with van der Waals surface area (Å²) in [4.78, 5) is 0. The lowest BCUT2D eigenvalue weighted by Gasteiger charge is -2.03. The van der Waals surface area contributed by atoms with Crippen LogP contribution in [0.5, 0.6) is 5.75 Å². The van der Waals surface area contributed by atoms with Gasteiger partial charge in [0.1, 0.15) is 5.75 Å². The summed E-state index contributed by atoms with van der Waals surface area (Å²) in [6, 6.07) is 7.95. The predicted molar refractivity (Wildman–Crippen MR) is 72.0 cm³/mol. The number of benzene rings is 1. The monoisotopic (exact) mass is 231 g/mol. The average molecular weight is 231 g/mol. The van der Waals surface area contributed by atoms with Crippen molar-refractivity contribution in [2.24, 2.45) is 5.73 Å². The van der Waals surface area contributed by atoms with E-state index in [4.69, 9.17) is 10.5 Å². The third kappa shape index (κ3) is 5.99. The third-order valence-corrected chi connectivity index (χ3v) is 2.32. The van der Waals surface area contributed by atoms with E-state index in [1.54, 1.807) is 0 Å². The molecule has 1 aromatic carbocycles. The predicted octanol–water partition coefficient (Wildman–Crippen LogP) is 2.96. The number of unbranched alkanes of at least 4 members (excludes halogenated alkanes) is 2.